The number of Topliss-reactive ketones (excluding diaryl/α,β-unsaturated/α-hetero) is 1. The van der Waals surface area contributed by atoms with Crippen LogP contribution in [0.1, 0.15) is 25.7 Å². The Kier molecular flexibility index (Phi) is 4.90. The third-order valence-corrected chi connectivity index (χ3v) is 9.54. The first kappa shape index (κ1) is 14.9. The van der Waals surface area contributed by atoms with E-state index in [0.717, 1.165) is 19.3 Å². The van der Waals surface area contributed by atoms with Gasteiger partial charge in [-0.25, -0.2) is 0 Å². The molecule has 0 aliphatic heterocycles. The van der Waals surface area contributed by atoms with Gasteiger partial charge in [-0.15, -0.1) is 11.8 Å². The fourth-order valence-corrected chi connectivity index (χ4v) is 7.28. The smallest absolute Gasteiger partial charge is 0.136 e. The van der Waals surface area contributed by atoms with E-state index in [-0.39, 0.29) is 0 Å². The van der Waals surface area contributed by atoms with Crippen LogP contribution in [0, 0.1) is 5.92 Å². The molecule has 0 bridgehead atoms. The number of hydrogen-bond acceptors (Lipinski definition) is 2. The topological polar surface area (TPSA) is 17.1 Å². The van der Waals surface area contributed by atoms with Crippen molar-refractivity contribution in [3.05, 3.63) is 30.3 Å². The summed E-state index contributed by atoms with van der Waals surface area (Å²) in [5, 5.41) is 0. The van der Waals surface area contributed by atoms with E-state index in [4.69, 9.17) is 0 Å². The van der Waals surface area contributed by atoms with Crippen molar-refractivity contribution < 1.29 is 4.79 Å². The van der Waals surface area contributed by atoms with Crippen LogP contribution in [0.4, 0.5) is 0 Å². The second-order valence-electron chi connectivity index (χ2n) is 6.54. The van der Waals surface area contributed by atoms with E-state index >= 15 is 0 Å². The Balaban J connectivity index is 2.19. The lowest BCUT2D eigenvalue weighted by Gasteiger charge is -2.36. The third kappa shape index (κ3) is 3.96. The average molecular weight is 293 g/mol. The summed E-state index contributed by atoms with van der Waals surface area (Å²) in [6.45, 7) is 7.19. The maximum absolute atomic E-state index is 12.3. The molecule has 3 heteroatoms. The standard InChI is InChI=1S/C16H24OSSi/c1-19(2,3)16(14-11-7-8-12-15(14)17)18-13-9-5-4-6-10-13/h4-6,9-10,14,16H,7-8,11-12H2,1-3H3. The van der Waals surface area contributed by atoms with Gasteiger partial charge in [-0.3, -0.25) is 4.79 Å². The normalized spacial score (nSPS) is 22.3. The second kappa shape index (κ2) is 6.27. The molecule has 0 heterocycles. The van der Waals surface area contributed by atoms with Crippen molar-refractivity contribution in [2.24, 2.45) is 5.92 Å². The van der Waals surface area contributed by atoms with Crippen LogP contribution in [-0.4, -0.2) is 18.7 Å². The molecule has 1 saturated carbocycles. The lowest BCUT2D eigenvalue weighted by molar-refractivity contribution is -0.124. The molecule has 2 unspecified atom stereocenters. The summed E-state index contributed by atoms with van der Waals surface area (Å²) in [7, 11) is -1.36. The van der Waals surface area contributed by atoms with E-state index in [1.54, 1.807) is 0 Å². The summed E-state index contributed by atoms with van der Waals surface area (Å²) >= 11 is 1.95. The van der Waals surface area contributed by atoms with Crippen LogP contribution in [0.3, 0.4) is 0 Å². The Morgan fingerprint density at radius 2 is 1.84 bits per heavy atom. The molecule has 0 spiro atoms. The van der Waals surface area contributed by atoms with Crippen LogP contribution in [0.2, 0.25) is 19.6 Å². The number of rotatable bonds is 4. The Bertz CT molecular complexity index is 424. The SMILES string of the molecule is C[Si](C)(C)C(Sc1ccccc1)C1CCCCC1=O. The largest absolute Gasteiger partial charge is 0.299 e. The van der Waals surface area contributed by atoms with Crippen molar-refractivity contribution in [1.29, 1.82) is 0 Å². The van der Waals surface area contributed by atoms with Crippen LogP contribution in [0.15, 0.2) is 35.2 Å². The minimum Gasteiger partial charge on any atom is -0.299 e. The molecule has 1 nitrogen and oxygen atoms in total. The van der Waals surface area contributed by atoms with Gasteiger partial charge < -0.3 is 0 Å². The zero-order chi connectivity index (χ0) is 13.9. The molecule has 1 fully saturated rings. The monoisotopic (exact) mass is 292 g/mol. The average Bonchev–Trinajstić information content (AvgIpc) is 2.37. The summed E-state index contributed by atoms with van der Waals surface area (Å²) in [6.07, 6.45) is 4.24. The van der Waals surface area contributed by atoms with Crippen molar-refractivity contribution in [2.45, 2.75) is 55.1 Å². The van der Waals surface area contributed by atoms with E-state index in [1.165, 1.54) is 11.3 Å². The summed E-state index contributed by atoms with van der Waals surface area (Å²) in [5.74, 6) is 0.813. The van der Waals surface area contributed by atoms with Gasteiger partial charge in [0.1, 0.15) is 5.78 Å². The minimum absolute atomic E-state index is 0.297. The molecule has 2 rings (SSSR count). The Morgan fingerprint density at radius 3 is 2.42 bits per heavy atom. The Labute approximate surface area is 122 Å². The zero-order valence-electron chi connectivity index (χ0n) is 12.2. The first-order chi connectivity index (χ1) is 8.98. The van der Waals surface area contributed by atoms with Crippen LogP contribution in [-0.2, 0) is 4.79 Å². The predicted octanol–water partition coefficient (Wildman–Crippen LogP) is 4.78. The second-order valence-corrected chi connectivity index (χ2v) is 13.5. The van der Waals surface area contributed by atoms with Crippen LogP contribution in [0.25, 0.3) is 0 Å². The number of thioether (sulfide) groups is 1. The first-order valence-electron chi connectivity index (χ1n) is 7.23. The zero-order valence-corrected chi connectivity index (χ0v) is 14.0. The fourth-order valence-electron chi connectivity index (χ4n) is 2.84. The van der Waals surface area contributed by atoms with Crippen molar-refractivity contribution in [2.75, 3.05) is 0 Å². The van der Waals surface area contributed by atoms with E-state index in [1.807, 2.05) is 11.8 Å². The minimum atomic E-state index is -1.36. The number of hydrogen-bond donors (Lipinski definition) is 0. The van der Waals surface area contributed by atoms with Crippen LogP contribution >= 0.6 is 11.8 Å². The van der Waals surface area contributed by atoms with Gasteiger partial charge in [0.05, 0.1) is 8.07 Å². The van der Waals surface area contributed by atoms with Crippen molar-refractivity contribution in [3.63, 3.8) is 0 Å². The molecule has 1 aliphatic rings. The molecule has 0 N–H and O–H groups in total. The highest BCUT2D eigenvalue weighted by molar-refractivity contribution is 8.01. The number of carbonyl (C=O) groups excluding carboxylic acids is 1. The van der Waals surface area contributed by atoms with E-state index in [0.29, 0.717) is 16.6 Å². The van der Waals surface area contributed by atoms with E-state index < -0.39 is 8.07 Å². The van der Waals surface area contributed by atoms with Gasteiger partial charge in [-0.2, -0.15) is 0 Å². The Hall–Kier alpha value is -0.543. The van der Waals surface area contributed by atoms with Gasteiger partial charge >= 0.3 is 0 Å². The molecule has 0 amide bonds. The molecule has 1 aromatic carbocycles. The fraction of sp³-hybridized carbons (Fsp3) is 0.562. The molecule has 0 saturated heterocycles. The van der Waals surface area contributed by atoms with Gasteiger partial charge in [0.25, 0.3) is 0 Å². The highest BCUT2D eigenvalue weighted by Crippen LogP contribution is 2.39. The van der Waals surface area contributed by atoms with E-state index in [2.05, 4.69) is 50.0 Å². The van der Waals surface area contributed by atoms with Crippen LogP contribution < -0.4 is 0 Å². The molecule has 104 valence electrons. The Morgan fingerprint density at radius 1 is 1.16 bits per heavy atom. The molecular formula is C16H24OSSi. The number of ketones is 1. The van der Waals surface area contributed by atoms with Gasteiger partial charge in [-0.05, 0) is 25.0 Å². The van der Waals surface area contributed by atoms with Gasteiger partial charge in [0.15, 0.2) is 0 Å². The maximum atomic E-state index is 12.3. The van der Waals surface area contributed by atoms with Gasteiger partial charge in [-0.1, -0.05) is 44.3 Å². The lowest BCUT2D eigenvalue weighted by Crippen LogP contribution is -2.45. The summed E-state index contributed by atoms with van der Waals surface area (Å²) in [6, 6.07) is 10.6. The molecule has 1 aliphatic carbocycles. The van der Waals surface area contributed by atoms with Crippen LogP contribution in [0.5, 0.6) is 0 Å². The molecule has 2 atom stereocenters. The molecule has 0 radical (unpaired) electrons. The molecular weight excluding hydrogens is 268 g/mol. The van der Waals surface area contributed by atoms with Gasteiger partial charge in [0.2, 0.25) is 0 Å². The number of benzene rings is 1. The summed E-state index contributed by atoms with van der Waals surface area (Å²) in [5.41, 5.74) is 0. The van der Waals surface area contributed by atoms with Crippen molar-refractivity contribution in [3.8, 4) is 0 Å². The predicted molar refractivity (Wildman–Crippen MR) is 86.4 cm³/mol. The van der Waals surface area contributed by atoms with Crippen molar-refractivity contribution >= 4 is 25.6 Å². The highest BCUT2D eigenvalue weighted by atomic mass is 32.2. The first-order valence-corrected chi connectivity index (χ1v) is 11.7. The lowest BCUT2D eigenvalue weighted by atomic mass is 9.89. The quantitative estimate of drug-likeness (QED) is 0.586. The molecule has 19 heavy (non-hydrogen) atoms. The number of carbonyl (C=O) groups is 1. The third-order valence-electron chi connectivity index (χ3n) is 3.83. The molecule has 0 aromatic heterocycles. The summed E-state index contributed by atoms with van der Waals surface area (Å²) < 4.78 is 0. The molecule has 1 aromatic rings. The van der Waals surface area contributed by atoms with Crippen molar-refractivity contribution in [1.82, 2.24) is 0 Å². The summed E-state index contributed by atoms with van der Waals surface area (Å²) in [4.78, 5) is 14.1. The van der Waals surface area contributed by atoms with E-state index in [9.17, 15) is 4.79 Å². The maximum Gasteiger partial charge on any atom is 0.136 e. The van der Waals surface area contributed by atoms with Gasteiger partial charge in [0, 0.05) is 22.1 Å². The highest BCUT2D eigenvalue weighted by Gasteiger charge is 2.38.